The third-order valence-electron chi connectivity index (χ3n) is 4.79. The predicted octanol–water partition coefficient (Wildman–Crippen LogP) is 3.23. The number of hydrogen-bond acceptors (Lipinski definition) is 4. The molecule has 0 aromatic heterocycles. The molecule has 0 radical (unpaired) electrons. The van der Waals surface area contributed by atoms with Gasteiger partial charge in [0.2, 0.25) is 21.8 Å². The molecular formula is C21H25Cl2N3O4S. The van der Waals surface area contributed by atoms with E-state index in [0.29, 0.717) is 21.3 Å². The van der Waals surface area contributed by atoms with Crippen LogP contribution in [-0.4, -0.2) is 51.0 Å². The fraction of sp³-hybridized carbons (Fsp3) is 0.333. The van der Waals surface area contributed by atoms with E-state index in [0.717, 1.165) is 16.1 Å². The molecule has 0 aliphatic rings. The highest BCUT2D eigenvalue weighted by Gasteiger charge is 2.30. The number of halogens is 2. The molecule has 0 bridgehead atoms. The molecule has 1 atom stereocenters. The minimum absolute atomic E-state index is 0.113. The molecule has 0 aliphatic carbocycles. The van der Waals surface area contributed by atoms with Crippen LogP contribution < -0.4 is 9.62 Å². The van der Waals surface area contributed by atoms with Crippen molar-refractivity contribution in [3.8, 4) is 0 Å². The molecule has 0 aliphatic heterocycles. The number of benzene rings is 2. The van der Waals surface area contributed by atoms with E-state index in [-0.39, 0.29) is 12.5 Å². The Balaban J connectivity index is 2.40. The summed E-state index contributed by atoms with van der Waals surface area (Å²) in [7, 11) is -2.31. The second kappa shape index (κ2) is 10.3. The van der Waals surface area contributed by atoms with Crippen molar-refractivity contribution in [2.75, 3.05) is 24.2 Å². The number of aryl methyl sites for hydroxylation is 1. The van der Waals surface area contributed by atoms with Crippen LogP contribution in [-0.2, 0) is 26.2 Å². The largest absolute Gasteiger partial charge is 0.357 e. The highest BCUT2D eigenvalue weighted by molar-refractivity contribution is 7.92. The number of nitrogens with one attached hydrogen (secondary N) is 1. The van der Waals surface area contributed by atoms with Gasteiger partial charge in [0.1, 0.15) is 12.6 Å². The first-order valence-electron chi connectivity index (χ1n) is 9.43. The van der Waals surface area contributed by atoms with Crippen LogP contribution in [0.4, 0.5) is 5.69 Å². The van der Waals surface area contributed by atoms with E-state index in [1.807, 2.05) is 0 Å². The van der Waals surface area contributed by atoms with Gasteiger partial charge in [-0.2, -0.15) is 0 Å². The van der Waals surface area contributed by atoms with E-state index in [4.69, 9.17) is 23.2 Å². The standard InChI is InChI=1S/C21H25Cl2N3O4S/c1-14-11-18(23)9-10-19(14)26(31(4,29)30)13-20(27)25(15(2)21(28)24-3)12-16-5-7-17(22)8-6-16/h5-11,15H,12-13H2,1-4H3,(H,24,28)/t15-/m1/s1. The van der Waals surface area contributed by atoms with Gasteiger partial charge in [-0.05, 0) is 55.3 Å². The number of hydrogen-bond donors (Lipinski definition) is 1. The number of anilines is 1. The zero-order valence-electron chi connectivity index (χ0n) is 17.7. The van der Waals surface area contributed by atoms with Crippen molar-refractivity contribution in [3.63, 3.8) is 0 Å². The fourth-order valence-corrected chi connectivity index (χ4v) is 4.33. The first kappa shape index (κ1) is 25.0. The molecule has 0 spiro atoms. The van der Waals surface area contributed by atoms with Gasteiger partial charge in [-0.3, -0.25) is 13.9 Å². The van der Waals surface area contributed by atoms with Gasteiger partial charge in [0.25, 0.3) is 0 Å². The Morgan fingerprint density at radius 2 is 1.65 bits per heavy atom. The highest BCUT2D eigenvalue weighted by Crippen LogP contribution is 2.26. The van der Waals surface area contributed by atoms with Crippen LogP contribution in [0, 0.1) is 6.92 Å². The average Bonchev–Trinajstić information content (AvgIpc) is 2.70. The van der Waals surface area contributed by atoms with Gasteiger partial charge in [0, 0.05) is 23.6 Å². The minimum atomic E-state index is -3.79. The van der Waals surface area contributed by atoms with Crippen LogP contribution in [0.3, 0.4) is 0 Å². The van der Waals surface area contributed by atoms with Gasteiger partial charge in [0.05, 0.1) is 11.9 Å². The van der Waals surface area contributed by atoms with E-state index >= 15 is 0 Å². The summed E-state index contributed by atoms with van der Waals surface area (Å²) in [5, 5.41) is 3.53. The molecule has 0 unspecified atom stereocenters. The molecule has 2 aromatic carbocycles. The number of carbonyl (C=O) groups is 2. The molecule has 0 saturated carbocycles. The van der Waals surface area contributed by atoms with Gasteiger partial charge < -0.3 is 10.2 Å². The van der Waals surface area contributed by atoms with E-state index < -0.39 is 28.5 Å². The van der Waals surface area contributed by atoms with Gasteiger partial charge in [-0.25, -0.2) is 8.42 Å². The Hall–Kier alpha value is -2.29. The summed E-state index contributed by atoms with van der Waals surface area (Å²) in [6, 6.07) is 10.8. The normalized spacial score (nSPS) is 12.2. The fourth-order valence-electron chi connectivity index (χ4n) is 3.07. The van der Waals surface area contributed by atoms with Crippen molar-refractivity contribution < 1.29 is 18.0 Å². The first-order valence-corrected chi connectivity index (χ1v) is 12.0. The Kier molecular flexibility index (Phi) is 8.34. The predicted molar refractivity (Wildman–Crippen MR) is 124 cm³/mol. The second-order valence-corrected chi connectivity index (χ2v) is 9.92. The van der Waals surface area contributed by atoms with Crippen LogP contribution in [0.25, 0.3) is 0 Å². The molecule has 0 saturated heterocycles. The van der Waals surface area contributed by atoms with Crippen molar-refractivity contribution in [2.45, 2.75) is 26.4 Å². The molecule has 168 valence electrons. The lowest BCUT2D eigenvalue weighted by Crippen LogP contribution is -2.50. The third-order valence-corrected chi connectivity index (χ3v) is 6.40. The van der Waals surface area contributed by atoms with Crippen LogP contribution in [0.2, 0.25) is 10.0 Å². The van der Waals surface area contributed by atoms with Crippen molar-refractivity contribution in [1.29, 1.82) is 0 Å². The summed E-state index contributed by atoms with van der Waals surface area (Å²) >= 11 is 11.9. The number of nitrogens with zero attached hydrogens (tertiary/aromatic N) is 2. The topological polar surface area (TPSA) is 86.8 Å². The summed E-state index contributed by atoms with van der Waals surface area (Å²) in [5.41, 5.74) is 1.70. The van der Waals surface area contributed by atoms with Crippen molar-refractivity contribution in [1.82, 2.24) is 10.2 Å². The van der Waals surface area contributed by atoms with Crippen molar-refractivity contribution >= 4 is 50.7 Å². The highest BCUT2D eigenvalue weighted by atomic mass is 35.5. The number of rotatable bonds is 8. The van der Waals surface area contributed by atoms with E-state index in [9.17, 15) is 18.0 Å². The van der Waals surface area contributed by atoms with E-state index in [2.05, 4.69) is 5.32 Å². The SMILES string of the molecule is CNC(=O)[C@@H](C)N(Cc1ccc(Cl)cc1)C(=O)CN(c1ccc(Cl)cc1C)S(C)(=O)=O. The monoisotopic (exact) mass is 485 g/mol. The first-order chi connectivity index (χ1) is 14.4. The smallest absolute Gasteiger partial charge is 0.244 e. The summed E-state index contributed by atoms with van der Waals surface area (Å²) in [4.78, 5) is 26.9. The maximum atomic E-state index is 13.3. The number of carbonyl (C=O) groups excluding carboxylic acids is 2. The van der Waals surface area contributed by atoms with Crippen LogP contribution in [0.5, 0.6) is 0 Å². The molecule has 7 nitrogen and oxygen atoms in total. The van der Waals surface area contributed by atoms with Crippen LogP contribution in [0.1, 0.15) is 18.1 Å². The summed E-state index contributed by atoms with van der Waals surface area (Å²) < 4.78 is 26.0. The minimum Gasteiger partial charge on any atom is -0.357 e. The lowest BCUT2D eigenvalue weighted by molar-refractivity contribution is -0.139. The van der Waals surface area contributed by atoms with E-state index in [1.165, 1.54) is 11.9 Å². The molecule has 10 heteroatoms. The van der Waals surface area contributed by atoms with E-state index in [1.54, 1.807) is 56.3 Å². The third kappa shape index (κ3) is 6.59. The Morgan fingerprint density at radius 3 is 2.16 bits per heavy atom. The molecule has 0 fully saturated rings. The number of likely N-dealkylation sites (N-methyl/N-ethyl adjacent to an activating group) is 1. The molecule has 0 heterocycles. The lowest BCUT2D eigenvalue weighted by Gasteiger charge is -2.31. The summed E-state index contributed by atoms with van der Waals surface area (Å²) in [5.74, 6) is -0.887. The lowest BCUT2D eigenvalue weighted by atomic mass is 10.1. The number of amides is 2. The maximum absolute atomic E-state index is 13.3. The maximum Gasteiger partial charge on any atom is 0.244 e. The quantitative estimate of drug-likeness (QED) is 0.621. The van der Waals surface area contributed by atoms with Crippen molar-refractivity contribution in [2.24, 2.45) is 0 Å². The van der Waals surface area contributed by atoms with Gasteiger partial charge in [-0.1, -0.05) is 35.3 Å². The second-order valence-electron chi connectivity index (χ2n) is 7.14. The Morgan fingerprint density at radius 1 is 1.06 bits per heavy atom. The average molecular weight is 486 g/mol. The van der Waals surface area contributed by atoms with Gasteiger partial charge in [-0.15, -0.1) is 0 Å². The molecule has 2 rings (SSSR count). The molecule has 1 N–H and O–H groups in total. The summed E-state index contributed by atoms with van der Waals surface area (Å²) in [6.07, 6.45) is 1.03. The zero-order chi connectivity index (χ0) is 23.3. The molecular weight excluding hydrogens is 461 g/mol. The van der Waals surface area contributed by atoms with Gasteiger partial charge >= 0.3 is 0 Å². The molecule has 2 amide bonds. The zero-order valence-corrected chi connectivity index (χ0v) is 20.1. The summed E-state index contributed by atoms with van der Waals surface area (Å²) in [6.45, 7) is 2.95. The molecule has 2 aromatic rings. The Bertz CT molecular complexity index is 1060. The van der Waals surface area contributed by atoms with Gasteiger partial charge in [0.15, 0.2) is 0 Å². The Labute approximate surface area is 193 Å². The number of sulfonamides is 1. The van der Waals surface area contributed by atoms with Crippen LogP contribution in [0.15, 0.2) is 42.5 Å². The molecule has 31 heavy (non-hydrogen) atoms. The van der Waals surface area contributed by atoms with Crippen molar-refractivity contribution in [3.05, 3.63) is 63.6 Å². The van der Waals surface area contributed by atoms with Crippen LogP contribution >= 0.6 is 23.2 Å².